The molecule has 206 valence electrons. The molecular weight excluding hydrogens is 514 g/mol. The molecule has 1 amide bonds. The van der Waals surface area contributed by atoms with E-state index in [1.807, 2.05) is 38.1 Å². The summed E-state index contributed by atoms with van der Waals surface area (Å²) in [6.07, 6.45) is 1.57. The van der Waals surface area contributed by atoms with Gasteiger partial charge in [-0.2, -0.15) is 4.98 Å². The Morgan fingerprint density at radius 3 is 2.64 bits per heavy atom. The zero-order chi connectivity index (χ0) is 27.7. The van der Waals surface area contributed by atoms with Gasteiger partial charge in [0.25, 0.3) is 0 Å². The first-order chi connectivity index (χ1) is 18.7. The number of rotatable bonds is 8. The van der Waals surface area contributed by atoms with Crippen LogP contribution in [0.2, 0.25) is 5.02 Å². The monoisotopic (exact) mass is 549 g/mol. The number of carbonyl (C=O) groups is 1. The van der Waals surface area contributed by atoms with Crippen molar-refractivity contribution in [3.63, 3.8) is 0 Å². The number of benzene rings is 2. The summed E-state index contributed by atoms with van der Waals surface area (Å²) in [6.45, 7) is 12.9. The smallest absolute Gasteiger partial charge is 0.234 e. The third-order valence-corrected chi connectivity index (χ3v) is 7.90. The van der Waals surface area contributed by atoms with Crippen LogP contribution in [0.5, 0.6) is 5.75 Å². The quantitative estimate of drug-likeness (QED) is 0.350. The van der Waals surface area contributed by atoms with Crippen molar-refractivity contribution in [3.05, 3.63) is 58.7 Å². The lowest BCUT2D eigenvalue weighted by molar-refractivity contribution is -0.119. The fourth-order valence-corrected chi connectivity index (χ4v) is 5.47. The van der Waals surface area contributed by atoms with Gasteiger partial charge in [-0.3, -0.25) is 9.69 Å². The molecule has 0 aliphatic carbocycles. The number of carbonyl (C=O) groups excluding carboxylic acids is 1. The standard InChI is InChI=1S/C29H36ClN7O2/c1-18(2)36-11-13-37(14-12-36)20-9-10-22(24(15-20)39-5)34-28-32-17-21(30)26(35-28)31-16-19-7-6-8-23-25(19)29(3,4)27(38)33-23/h6-10,15,17-18H,11-14,16H2,1-5H3,(H,33,38)(H2,31,32,34,35). The minimum atomic E-state index is -0.611. The molecule has 0 spiro atoms. The van der Waals surface area contributed by atoms with Crippen LogP contribution in [0.3, 0.4) is 0 Å². The molecule has 0 radical (unpaired) electrons. The molecule has 39 heavy (non-hydrogen) atoms. The van der Waals surface area contributed by atoms with Gasteiger partial charge in [0.15, 0.2) is 5.82 Å². The zero-order valence-electron chi connectivity index (χ0n) is 23.1. The van der Waals surface area contributed by atoms with Gasteiger partial charge in [0.2, 0.25) is 11.9 Å². The Balaban J connectivity index is 1.30. The first-order valence-electron chi connectivity index (χ1n) is 13.3. The van der Waals surface area contributed by atoms with Crippen molar-refractivity contribution in [1.29, 1.82) is 0 Å². The Kier molecular flexibility index (Phi) is 7.55. The Morgan fingerprint density at radius 1 is 1.15 bits per heavy atom. The van der Waals surface area contributed by atoms with Crippen LogP contribution in [0.4, 0.5) is 28.8 Å². The summed E-state index contributed by atoms with van der Waals surface area (Å²) in [5.41, 5.74) is 4.13. The molecule has 0 bridgehead atoms. The largest absolute Gasteiger partial charge is 0.494 e. The molecule has 3 aromatic rings. The Bertz CT molecular complexity index is 1370. The van der Waals surface area contributed by atoms with Crippen molar-refractivity contribution in [3.8, 4) is 5.75 Å². The van der Waals surface area contributed by atoms with Crippen LogP contribution >= 0.6 is 11.6 Å². The second-order valence-corrected chi connectivity index (χ2v) is 11.2. The minimum Gasteiger partial charge on any atom is -0.494 e. The minimum absolute atomic E-state index is 0.00529. The summed E-state index contributed by atoms with van der Waals surface area (Å²) in [5, 5.41) is 9.98. The summed E-state index contributed by atoms with van der Waals surface area (Å²) in [6, 6.07) is 12.6. The molecule has 2 aliphatic rings. The van der Waals surface area contributed by atoms with Gasteiger partial charge in [-0.25, -0.2) is 4.98 Å². The van der Waals surface area contributed by atoms with Gasteiger partial charge in [-0.15, -0.1) is 0 Å². The lowest BCUT2D eigenvalue weighted by Crippen LogP contribution is -2.48. The highest BCUT2D eigenvalue weighted by molar-refractivity contribution is 6.32. The van der Waals surface area contributed by atoms with E-state index < -0.39 is 5.41 Å². The normalized spacial score (nSPS) is 16.7. The van der Waals surface area contributed by atoms with Crippen LogP contribution in [0.1, 0.15) is 38.8 Å². The lowest BCUT2D eigenvalue weighted by Gasteiger charge is -2.38. The Hall–Kier alpha value is -3.56. The third-order valence-electron chi connectivity index (χ3n) is 7.62. The molecule has 0 atom stereocenters. The molecule has 1 aromatic heterocycles. The van der Waals surface area contributed by atoms with Crippen molar-refractivity contribution in [2.45, 2.75) is 45.7 Å². The molecule has 10 heteroatoms. The van der Waals surface area contributed by atoms with Gasteiger partial charge in [-0.05, 0) is 57.0 Å². The highest BCUT2D eigenvalue weighted by atomic mass is 35.5. The van der Waals surface area contributed by atoms with E-state index in [2.05, 4.69) is 61.7 Å². The molecule has 0 saturated carbocycles. The van der Waals surface area contributed by atoms with Crippen LogP contribution in [0, 0.1) is 0 Å². The fraction of sp³-hybridized carbons (Fsp3) is 0.414. The number of piperazine rings is 1. The van der Waals surface area contributed by atoms with Crippen LogP contribution < -0.4 is 25.6 Å². The van der Waals surface area contributed by atoms with Crippen molar-refractivity contribution < 1.29 is 9.53 Å². The van der Waals surface area contributed by atoms with E-state index in [1.165, 1.54) is 0 Å². The van der Waals surface area contributed by atoms with Crippen LogP contribution in [0.15, 0.2) is 42.6 Å². The van der Waals surface area contributed by atoms with E-state index in [0.717, 1.165) is 54.4 Å². The Labute approximate surface area is 234 Å². The first kappa shape index (κ1) is 27.0. The van der Waals surface area contributed by atoms with E-state index in [9.17, 15) is 4.79 Å². The molecule has 2 aliphatic heterocycles. The predicted octanol–water partition coefficient (Wildman–Crippen LogP) is 5.25. The summed E-state index contributed by atoms with van der Waals surface area (Å²) in [5.74, 6) is 1.61. The number of ether oxygens (including phenoxy) is 1. The van der Waals surface area contributed by atoms with Gasteiger partial charge in [0, 0.05) is 56.2 Å². The number of hydrogen-bond acceptors (Lipinski definition) is 8. The van der Waals surface area contributed by atoms with Crippen LogP contribution in [-0.2, 0) is 16.8 Å². The van der Waals surface area contributed by atoms with Crippen LogP contribution in [-0.4, -0.2) is 60.1 Å². The average Bonchev–Trinajstić information content (AvgIpc) is 3.17. The first-order valence-corrected chi connectivity index (χ1v) is 13.7. The third kappa shape index (κ3) is 5.46. The molecule has 9 nitrogen and oxygen atoms in total. The number of anilines is 5. The molecule has 2 aromatic carbocycles. The number of halogens is 1. The van der Waals surface area contributed by atoms with E-state index >= 15 is 0 Å². The second-order valence-electron chi connectivity index (χ2n) is 10.8. The van der Waals surface area contributed by atoms with Gasteiger partial charge < -0.3 is 25.6 Å². The molecule has 0 unspecified atom stereocenters. The van der Waals surface area contributed by atoms with Crippen molar-refractivity contribution in [2.75, 3.05) is 54.1 Å². The number of aromatic nitrogens is 2. The molecule has 3 heterocycles. The fourth-order valence-electron chi connectivity index (χ4n) is 5.31. The topological polar surface area (TPSA) is 94.7 Å². The number of methoxy groups -OCH3 is 1. The molecule has 1 fully saturated rings. The Morgan fingerprint density at radius 2 is 1.92 bits per heavy atom. The van der Waals surface area contributed by atoms with Crippen molar-refractivity contribution in [1.82, 2.24) is 14.9 Å². The van der Waals surface area contributed by atoms with E-state index in [0.29, 0.717) is 35.1 Å². The van der Waals surface area contributed by atoms with Crippen LogP contribution in [0.25, 0.3) is 0 Å². The molecule has 1 saturated heterocycles. The van der Waals surface area contributed by atoms with Gasteiger partial charge in [0.1, 0.15) is 10.8 Å². The van der Waals surface area contributed by atoms with E-state index in [4.69, 9.17) is 16.3 Å². The number of amides is 1. The maximum absolute atomic E-state index is 12.5. The van der Waals surface area contributed by atoms with Gasteiger partial charge in [-0.1, -0.05) is 23.7 Å². The molecular formula is C29H36ClN7O2. The maximum atomic E-state index is 12.5. The second kappa shape index (κ2) is 10.9. The maximum Gasteiger partial charge on any atom is 0.234 e. The predicted molar refractivity (Wildman–Crippen MR) is 158 cm³/mol. The highest BCUT2D eigenvalue weighted by Crippen LogP contribution is 2.40. The van der Waals surface area contributed by atoms with Crippen molar-refractivity contribution in [2.24, 2.45) is 0 Å². The van der Waals surface area contributed by atoms with Gasteiger partial charge in [0.05, 0.1) is 24.4 Å². The average molecular weight is 550 g/mol. The highest BCUT2D eigenvalue weighted by Gasteiger charge is 2.39. The number of fused-ring (bicyclic) bond motifs is 1. The lowest BCUT2D eigenvalue weighted by atomic mass is 9.83. The molecule has 5 rings (SSSR count). The van der Waals surface area contributed by atoms with E-state index in [1.54, 1.807) is 13.3 Å². The van der Waals surface area contributed by atoms with E-state index in [-0.39, 0.29) is 5.91 Å². The number of nitrogens with one attached hydrogen (secondary N) is 3. The summed E-state index contributed by atoms with van der Waals surface area (Å²) in [7, 11) is 1.66. The summed E-state index contributed by atoms with van der Waals surface area (Å²) in [4.78, 5) is 26.3. The van der Waals surface area contributed by atoms with Crippen molar-refractivity contribution >= 4 is 46.3 Å². The number of hydrogen-bond donors (Lipinski definition) is 3. The SMILES string of the molecule is COc1cc(N2CCN(C(C)C)CC2)ccc1Nc1ncc(Cl)c(NCc2cccc3c2C(C)(C)C(=O)N3)n1. The molecule has 3 N–H and O–H groups in total. The zero-order valence-corrected chi connectivity index (χ0v) is 23.9. The number of nitrogens with zero attached hydrogens (tertiary/aromatic N) is 4. The summed E-state index contributed by atoms with van der Waals surface area (Å²) < 4.78 is 5.71. The summed E-state index contributed by atoms with van der Waals surface area (Å²) >= 11 is 6.44. The van der Waals surface area contributed by atoms with Gasteiger partial charge >= 0.3 is 0 Å².